The average molecular weight is 357 g/mol. The topological polar surface area (TPSA) is 61.6 Å². The summed E-state index contributed by atoms with van der Waals surface area (Å²) in [6, 6.07) is 7.85. The van der Waals surface area contributed by atoms with E-state index >= 15 is 0 Å². The zero-order chi connectivity index (χ0) is 18.5. The summed E-state index contributed by atoms with van der Waals surface area (Å²) in [5.41, 5.74) is 2.77. The molecular formula is C21H27NO4. The smallest absolute Gasteiger partial charge is 0.309 e. The fourth-order valence-corrected chi connectivity index (χ4v) is 3.43. The van der Waals surface area contributed by atoms with Crippen molar-refractivity contribution in [1.29, 1.82) is 0 Å². The van der Waals surface area contributed by atoms with Crippen LogP contribution >= 0.6 is 0 Å². The lowest BCUT2D eigenvalue weighted by molar-refractivity contribution is -0.150. The van der Waals surface area contributed by atoms with Crippen molar-refractivity contribution in [3.63, 3.8) is 0 Å². The van der Waals surface area contributed by atoms with E-state index in [0.717, 1.165) is 43.4 Å². The number of ether oxygens (including phenoxy) is 2. The lowest BCUT2D eigenvalue weighted by atomic mass is 9.99. The Morgan fingerprint density at radius 3 is 2.77 bits per heavy atom. The molecule has 26 heavy (non-hydrogen) atoms. The minimum Gasteiger partial charge on any atom is -0.490 e. The minimum atomic E-state index is -0.137. The largest absolute Gasteiger partial charge is 0.490 e. The molecule has 2 heterocycles. The molecule has 1 aromatic carbocycles. The monoisotopic (exact) mass is 357 g/mol. The van der Waals surface area contributed by atoms with Gasteiger partial charge in [-0.1, -0.05) is 31.8 Å². The molecule has 0 saturated carbocycles. The quantitative estimate of drug-likeness (QED) is 0.627. The van der Waals surface area contributed by atoms with E-state index in [1.165, 1.54) is 5.56 Å². The summed E-state index contributed by atoms with van der Waals surface area (Å²) in [6.07, 6.45) is 4.81. The Bertz CT molecular complexity index is 746. The summed E-state index contributed by atoms with van der Waals surface area (Å²) < 4.78 is 16.6. The molecule has 3 rings (SSSR count). The van der Waals surface area contributed by atoms with Gasteiger partial charge in [-0.3, -0.25) is 4.79 Å². The Morgan fingerprint density at radius 2 is 2.04 bits per heavy atom. The maximum Gasteiger partial charge on any atom is 0.309 e. The normalized spacial score (nSPS) is 15.8. The van der Waals surface area contributed by atoms with Gasteiger partial charge in [0.05, 0.1) is 5.92 Å². The lowest BCUT2D eigenvalue weighted by Gasteiger charge is -2.13. The van der Waals surface area contributed by atoms with Gasteiger partial charge in [-0.25, -0.2) is 0 Å². The van der Waals surface area contributed by atoms with Gasteiger partial charge in [0.15, 0.2) is 5.76 Å². The minimum absolute atomic E-state index is 0.0185. The van der Waals surface area contributed by atoms with Crippen LogP contribution in [0.3, 0.4) is 0 Å². The molecule has 0 amide bonds. The molecule has 0 spiro atoms. The fraction of sp³-hybridized carbons (Fsp3) is 0.524. The van der Waals surface area contributed by atoms with Gasteiger partial charge < -0.3 is 14.0 Å². The molecule has 140 valence electrons. The molecular weight excluding hydrogens is 330 g/mol. The van der Waals surface area contributed by atoms with Crippen LogP contribution in [0.4, 0.5) is 0 Å². The molecule has 1 aromatic heterocycles. The molecule has 1 aliphatic heterocycles. The van der Waals surface area contributed by atoms with Crippen LogP contribution in [0.5, 0.6) is 5.75 Å². The van der Waals surface area contributed by atoms with Gasteiger partial charge in [0.25, 0.3) is 0 Å². The first kappa shape index (κ1) is 18.5. The van der Waals surface area contributed by atoms with Crippen LogP contribution in [-0.2, 0) is 22.6 Å². The SMILES string of the molecule is CCCC(CCC)C(=O)OCc1cc(-c2ccc3c(c2)CC(C)O3)on1. The Morgan fingerprint density at radius 1 is 1.27 bits per heavy atom. The maximum absolute atomic E-state index is 12.2. The maximum atomic E-state index is 12.2. The molecule has 0 radical (unpaired) electrons. The van der Waals surface area contributed by atoms with Gasteiger partial charge in [0.1, 0.15) is 24.2 Å². The number of aromatic nitrogens is 1. The number of fused-ring (bicyclic) bond motifs is 1. The lowest BCUT2D eigenvalue weighted by Crippen LogP contribution is -2.17. The summed E-state index contributed by atoms with van der Waals surface area (Å²) in [5.74, 6) is 1.46. The predicted octanol–water partition coefficient (Wildman–Crippen LogP) is 4.92. The molecule has 1 unspecified atom stereocenters. The zero-order valence-corrected chi connectivity index (χ0v) is 15.8. The molecule has 0 bridgehead atoms. The van der Waals surface area contributed by atoms with Crippen LogP contribution in [0.15, 0.2) is 28.8 Å². The Kier molecular flexibility index (Phi) is 5.96. The number of nitrogens with zero attached hydrogens (tertiary/aromatic N) is 1. The number of hydrogen-bond acceptors (Lipinski definition) is 5. The van der Waals surface area contributed by atoms with E-state index in [9.17, 15) is 4.79 Å². The van der Waals surface area contributed by atoms with Crippen molar-refractivity contribution in [3.8, 4) is 17.1 Å². The highest BCUT2D eigenvalue weighted by molar-refractivity contribution is 5.72. The number of esters is 1. The van der Waals surface area contributed by atoms with E-state index in [4.69, 9.17) is 14.0 Å². The summed E-state index contributed by atoms with van der Waals surface area (Å²) in [6.45, 7) is 6.38. The first-order valence-electron chi connectivity index (χ1n) is 9.52. The van der Waals surface area contributed by atoms with E-state index in [0.29, 0.717) is 11.5 Å². The van der Waals surface area contributed by atoms with Gasteiger partial charge in [-0.05, 0) is 43.5 Å². The van der Waals surface area contributed by atoms with Crippen molar-refractivity contribution in [2.45, 2.75) is 65.6 Å². The second-order valence-corrected chi connectivity index (χ2v) is 7.02. The third-order valence-corrected chi connectivity index (χ3v) is 4.71. The van der Waals surface area contributed by atoms with E-state index in [-0.39, 0.29) is 24.6 Å². The van der Waals surface area contributed by atoms with Gasteiger partial charge in [0.2, 0.25) is 0 Å². The van der Waals surface area contributed by atoms with Gasteiger partial charge >= 0.3 is 5.97 Å². The number of rotatable bonds is 8. The third kappa shape index (κ3) is 4.26. The Balaban J connectivity index is 1.62. The third-order valence-electron chi connectivity index (χ3n) is 4.71. The molecule has 1 atom stereocenters. The van der Waals surface area contributed by atoms with Crippen molar-refractivity contribution in [1.82, 2.24) is 5.16 Å². The fourth-order valence-electron chi connectivity index (χ4n) is 3.43. The summed E-state index contributed by atoms with van der Waals surface area (Å²) >= 11 is 0. The van der Waals surface area contributed by atoms with Crippen LogP contribution in [0.25, 0.3) is 11.3 Å². The zero-order valence-electron chi connectivity index (χ0n) is 15.8. The summed E-state index contributed by atoms with van der Waals surface area (Å²) in [4.78, 5) is 12.2. The van der Waals surface area contributed by atoms with Crippen molar-refractivity contribution in [3.05, 3.63) is 35.5 Å². The summed E-state index contributed by atoms with van der Waals surface area (Å²) in [5, 5.41) is 4.04. The van der Waals surface area contributed by atoms with E-state index in [1.54, 1.807) is 0 Å². The molecule has 2 aromatic rings. The highest BCUT2D eigenvalue weighted by Gasteiger charge is 2.21. The van der Waals surface area contributed by atoms with Crippen molar-refractivity contribution in [2.75, 3.05) is 0 Å². The van der Waals surface area contributed by atoms with Crippen LogP contribution in [0.1, 0.15) is 57.7 Å². The highest BCUT2D eigenvalue weighted by Crippen LogP contribution is 2.33. The standard InChI is InChI=1S/C21H27NO4/c1-4-6-15(7-5-2)21(23)24-13-18-12-20(26-22-18)16-8-9-19-17(11-16)10-14(3)25-19/h8-9,11-12,14-15H,4-7,10,13H2,1-3H3. The van der Waals surface area contributed by atoms with Crippen LogP contribution in [0.2, 0.25) is 0 Å². The number of hydrogen-bond donors (Lipinski definition) is 0. The average Bonchev–Trinajstić information content (AvgIpc) is 3.24. The van der Waals surface area contributed by atoms with Crippen LogP contribution < -0.4 is 4.74 Å². The van der Waals surface area contributed by atoms with Crippen LogP contribution in [-0.4, -0.2) is 17.2 Å². The van der Waals surface area contributed by atoms with Crippen LogP contribution in [0, 0.1) is 5.92 Å². The molecule has 0 N–H and O–H groups in total. The van der Waals surface area contributed by atoms with Crippen molar-refractivity contribution in [2.24, 2.45) is 5.92 Å². The molecule has 5 heteroatoms. The predicted molar refractivity (Wildman–Crippen MR) is 98.8 cm³/mol. The number of carbonyl (C=O) groups is 1. The van der Waals surface area contributed by atoms with Gasteiger partial charge in [-0.15, -0.1) is 0 Å². The highest BCUT2D eigenvalue weighted by atomic mass is 16.5. The first-order valence-corrected chi connectivity index (χ1v) is 9.52. The number of benzene rings is 1. The first-order chi connectivity index (χ1) is 12.6. The van der Waals surface area contributed by atoms with E-state index < -0.39 is 0 Å². The molecule has 5 nitrogen and oxygen atoms in total. The number of carbonyl (C=O) groups excluding carboxylic acids is 1. The van der Waals surface area contributed by atoms with E-state index in [2.05, 4.69) is 32.0 Å². The van der Waals surface area contributed by atoms with Gasteiger partial charge in [0, 0.05) is 18.1 Å². The molecule has 0 saturated heterocycles. The Hall–Kier alpha value is -2.30. The second kappa shape index (κ2) is 8.39. The van der Waals surface area contributed by atoms with E-state index in [1.807, 2.05) is 18.2 Å². The second-order valence-electron chi connectivity index (χ2n) is 7.02. The van der Waals surface area contributed by atoms with Crippen molar-refractivity contribution >= 4 is 5.97 Å². The summed E-state index contributed by atoms with van der Waals surface area (Å²) in [7, 11) is 0. The molecule has 1 aliphatic rings. The molecule has 0 fully saturated rings. The molecule has 0 aliphatic carbocycles. The van der Waals surface area contributed by atoms with Crippen molar-refractivity contribution < 1.29 is 18.8 Å². The Labute approximate surface area is 154 Å². The van der Waals surface area contributed by atoms with Gasteiger partial charge in [-0.2, -0.15) is 0 Å².